The maximum Gasteiger partial charge on any atom is 0.302 e. The van der Waals surface area contributed by atoms with Gasteiger partial charge < -0.3 is 9.47 Å². The van der Waals surface area contributed by atoms with Crippen molar-refractivity contribution in [1.82, 2.24) is 0 Å². The Bertz CT molecular complexity index is 574. The lowest BCUT2D eigenvalue weighted by atomic mass is 9.85. The van der Waals surface area contributed by atoms with Crippen LogP contribution in [0.3, 0.4) is 0 Å². The molecule has 0 unspecified atom stereocenters. The third-order valence-corrected chi connectivity index (χ3v) is 3.88. The van der Waals surface area contributed by atoms with E-state index in [2.05, 4.69) is 0 Å². The SMILES string of the molecule is CC(=O)OCc1c(C)cc(C)c2c1C(=O)[C@H](C)[C@@H](C)O2. The molecule has 0 bridgehead atoms. The molecule has 1 aromatic rings. The van der Waals surface area contributed by atoms with Crippen LogP contribution < -0.4 is 4.74 Å². The molecule has 0 fully saturated rings. The smallest absolute Gasteiger partial charge is 0.302 e. The number of rotatable bonds is 2. The van der Waals surface area contributed by atoms with Crippen LogP contribution in [0.4, 0.5) is 0 Å². The van der Waals surface area contributed by atoms with Crippen molar-refractivity contribution < 1.29 is 19.1 Å². The minimum atomic E-state index is -0.357. The average molecular weight is 276 g/mol. The first-order valence-corrected chi connectivity index (χ1v) is 6.80. The fraction of sp³-hybridized carbons (Fsp3) is 0.500. The van der Waals surface area contributed by atoms with Crippen LogP contribution >= 0.6 is 0 Å². The van der Waals surface area contributed by atoms with Crippen molar-refractivity contribution in [3.05, 3.63) is 28.3 Å². The van der Waals surface area contributed by atoms with Gasteiger partial charge >= 0.3 is 5.97 Å². The van der Waals surface area contributed by atoms with Crippen molar-refractivity contribution in [3.63, 3.8) is 0 Å². The van der Waals surface area contributed by atoms with Gasteiger partial charge in [-0.1, -0.05) is 13.0 Å². The third kappa shape index (κ3) is 2.42. The van der Waals surface area contributed by atoms with E-state index < -0.39 is 0 Å². The lowest BCUT2D eigenvalue weighted by Crippen LogP contribution is -2.35. The number of hydrogen-bond donors (Lipinski definition) is 0. The number of hydrogen-bond acceptors (Lipinski definition) is 4. The molecule has 1 aliphatic heterocycles. The predicted molar refractivity (Wildman–Crippen MR) is 75.0 cm³/mol. The Morgan fingerprint density at radius 2 is 1.95 bits per heavy atom. The van der Waals surface area contributed by atoms with Crippen LogP contribution in [0.15, 0.2) is 6.07 Å². The molecule has 1 heterocycles. The minimum absolute atomic E-state index is 0.0627. The Kier molecular flexibility index (Phi) is 3.84. The molecular weight excluding hydrogens is 256 g/mol. The van der Waals surface area contributed by atoms with Gasteiger partial charge in [0.15, 0.2) is 5.78 Å². The molecule has 1 aromatic carbocycles. The Labute approximate surface area is 119 Å². The van der Waals surface area contributed by atoms with Crippen LogP contribution in [0.25, 0.3) is 0 Å². The number of esters is 1. The molecule has 0 spiro atoms. The van der Waals surface area contributed by atoms with E-state index >= 15 is 0 Å². The van der Waals surface area contributed by atoms with Crippen molar-refractivity contribution in [3.8, 4) is 5.75 Å². The van der Waals surface area contributed by atoms with Gasteiger partial charge in [0.25, 0.3) is 0 Å². The molecule has 0 radical (unpaired) electrons. The molecule has 0 saturated carbocycles. The summed E-state index contributed by atoms with van der Waals surface area (Å²) in [5.74, 6) is 0.144. The van der Waals surface area contributed by atoms with Gasteiger partial charge in [0, 0.05) is 12.5 Å². The second-order valence-corrected chi connectivity index (χ2v) is 5.45. The Morgan fingerprint density at radius 3 is 2.55 bits per heavy atom. The number of benzene rings is 1. The summed E-state index contributed by atoms with van der Waals surface area (Å²) < 4.78 is 11.0. The van der Waals surface area contributed by atoms with Crippen molar-refractivity contribution in [2.45, 2.75) is 47.3 Å². The zero-order chi connectivity index (χ0) is 15.0. The molecule has 20 heavy (non-hydrogen) atoms. The van der Waals surface area contributed by atoms with E-state index in [1.165, 1.54) is 6.92 Å². The minimum Gasteiger partial charge on any atom is -0.489 e. The maximum atomic E-state index is 12.6. The summed E-state index contributed by atoms with van der Waals surface area (Å²) in [6.45, 7) is 9.08. The number of ketones is 1. The van der Waals surface area contributed by atoms with E-state index in [0.717, 1.165) is 16.7 Å². The molecule has 2 rings (SSSR count). The van der Waals surface area contributed by atoms with Gasteiger partial charge in [0.05, 0.1) is 11.5 Å². The molecule has 108 valence electrons. The van der Waals surface area contributed by atoms with Gasteiger partial charge in [-0.3, -0.25) is 9.59 Å². The zero-order valence-corrected chi connectivity index (χ0v) is 12.6. The largest absolute Gasteiger partial charge is 0.489 e. The van der Waals surface area contributed by atoms with Crippen LogP contribution in [0, 0.1) is 19.8 Å². The molecular formula is C16H20O4. The number of fused-ring (bicyclic) bond motifs is 1. The topological polar surface area (TPSA) is 52.6 Å². The van der Waals surface area contributed by atoms with Gasteiger partial charge in [0.2, 0.25) is 0 Å². The molecule has 0 aromatic heterocycles. The lowest BCUT2D eigenvalue weighted by Gasteiger charge is -2.31. The quantitative estimate of drug-likeness (QED) is 0.779. The number of Topliss-reactive ketones (excluding diaryl/α,β-unsaturated/α-hetero) is 1. The summed E-state index contributed by atoms with van der Waals surface area (Å²) in [6.07, 6.45) is -0.141. The van der Waals surface area contributed by atoms with Gasteiger partial charge in [-0.2, -0.15) is 0 Å². The Hall–Kier alpha value is -1.84. The van der Waals surface area contributed by atoms with Crippen LogP contribution in [0.5, 0.6) is 5.75 Å². The highest BCUT2D eigenvalue weighted by Crippen LogP contribution is 2.37. The fourth-order valence-electron chi connectivity index (χ4n) is 2.51. The molecule has 1 aliphatic rings. The van der Waals surface area contributed by atoms with Crippen molar-refractivity contribution in [2.24, 2.45) is 5.92 Å². The zero-order valence-electron chi connectivity index (χ0n) is 12.6. The van der Waals surface area contributed by atoms with Gasteiger partial charge in [-0.25, -0.2) is 0 Å². The van der Waals surface area contributed by atoms with E-state index in [1.54, 1.807) is 0 Å². The van der Waals surface area contributed by atoms with E-state index in [9.17, 15) is 9.59 Å². The van der Waals surface area contributed by atoms with Gasteiger partial charge in [-0.05, 0) is 31.9 Å². The summed E-state index contributed by atoms with van der Waals surface area (Å²) in [4.78, 5) is 23.6. The molecule has 0 amide bonds. The summed E-state index contributed by atoms with van der Waals surface area (Å²) in [7, 11) is 0. The van der Waals surface area contributed by atoms with Crippen molar-refractivity contribution >= 4 is 11.8 Å². The highest BCUT2D eigenvalue weighted by atomic mass is 16.5. The highest BCUT2D eigenvalue weighted by molar-refractivity contribution is 6.03. The molecule has 2 atom stereocenters. The fourth-order valence-corrected chi connectivity index (χ4v) is 2.51. The summed E-state index contributed by atoms with van der Waals surface area (Å²) in [5.41, 5.74) is 3.22. The Morgan fingerprint density at radius 1 is 1.30 bits per heavy atom. The van der Waals surface area contributed by atoms with Crippen LogP contribution in [-0.4, -0.2) is 17.9 Å². The maximum absolute atomic E-state index is 12.6. The van der Waals surface area contributed by atoms with E-state index in [1.807, 2.05) is 33.8 Å². The Balaban J connectivity index is 2.56. The number of carbonyl (C=O) groups excluding carboxylic acids is 2. The van der Waals surface area contributed by atoms with Crippen LogP contribution in [-0.2, 0) is 16.1 Å². The van der Waals surface area contributed by atoms with Crippen LogP contribution in [0.2, 0.25) is 0 Å². The second kappa shape index (κ2) is 5.27. The normalized spacial score (nSPS) is 21.1. The van der Waals surface area contributed by atoms with Gasteiger partial charge in [-0.15, -0.1) is 0 Å². The number of aryl methyl sites for hydroxylation is 2. The predicted octanol–water partition coefficient (Wildman–Crippen LogP) is 2.97. The monoisotopic (exact) mass is 276 g/mol. The molecule has 0 saturated heterocycles. The van der Waals surface area contributed by atoms with E-state index in [0.29, 0.717) is 11.3 Å². The lowest BCUT2D eigenvalue weighted by molar-refractivity contribution is -0.142. The first-order chi connectivity index (χ1) is 9.32. The van der Waals surface area contributed by atoms with E-state index in [4.69, 9.17) is 9.47 Å². The highest BCUT2D eigenvalue weighted by Gasteiger charge is 2.34. The molecule has 4 nitrogen and oxygen atoms in total. The summed E-state index contributed by atoms with van der Waals surface area (Å²) in [5, 5.41) is 0. The molecule has 4 heteroatoms. The van der Waals surface area contributed by atoms with Crippen LogP contribution in [0.1, 0.15) is 47.8 Å². The third-order valence-electron chi connectivity index (χ3n) is 3.88. The number of carbonyl (C=O) groups is 2. The summed E-state index contributed by atoms with van der Waals surface area (Å²) in [6, 6.07) is 1.97. The summed E-state index contributed by atoms with van der Waals surface area (Å²) >= 11 is 0. The first-order valence-electron chi connectivity index (χ1n) is 6.80. The molecule has 0 N–H and O–H groups in total. The van der Waals surface area contributed by atoms with Crippen molar-refractivity contribution in [2.75, 3.05) is 0 Å². The number of ether oxygens (including phenoxy) is 2. The first kappa shape index (κ1) is 14.6. The molecule has 0 aliphatic carbocycles. The van der Waals surface area contributed by atoms with Crippen molar-refractivity contribution in [1.29, 1.82) is 0 Å². The average Bonchev–Trinajstić information content (AvgIpc) is 2.36. The van der Waals surface area contributed by atoms with Gasteiger partial charge in [0.1, 0.15) is 18.5 Å². The standard InChI is InChI=1S/C16H20O4/c1-8-6-9(2)16-14(13(8)7-19-12(5)17)15(18)10(3)11(4)20-16/h6,10-11H,7H2,1-5H3/t10-,11-/m1/s1. The second-order valence-electron chi connectivity index (χ2n) is 5.45. The van der Waals surface area contributed by atoms with E-state index in [-0.39, 0.29) is 30.4 Å².